The van der Waals surface area contributed by atoms with E-state index in [0.717, 1.165) is 80.0 Å². The molecule has 0 spiro atoms. The summed E-state index contributed by atoms with van der Waals surface area (Å²) in [6.07, 6.45) is 4.06. The average molecular weight is 603 g/mol. The quantitative estimate of drug-likeness (QED) is 0.212. The normalized spacial score (nSPS) is 15.1. The lowest BCUT2D eigenvalue weighted by atomic mass is 9.92. The maximum Gasteiger partial charge on any atom is 0.307 e. The van der Waals surface area contributed by atoms with Crippen LogP contribution in [-0.2, 0) is 11.2 Å². The predicted molar refractivity (Wildman–Crippen MR) is 171 cm³/mol. The molecule has 42 heavy (non-hydrogen) atoms. The number of imidazole rings is 1. The highest BCUT2D eigenvalue weighted by Gasteiger charge is 2.25. The summed E-state index contributed by atoms with van der Waals surface area (Å²) in [7, 11) is 2.17. The zero-order chi connectivity index (χ0) is 29.8. The number of aryl methyl sites for hydroxylation is 1. The third-order valence-corrected chi connectivity index (χ3v) is 9.24. The number of hydrogen-bond donors (Lipinski definition) is 1. The molecule has 2 aromatic heterocycles. The Hall–Kier alpha value is -3.46. The molecule has 7 nitrogen and oxygen atoms in total. The summed E-state index contributed by atoms with van der Waals surface area (Å²) >= 11 is 7.99. The van der Waals surface area contributed by atoms with Gasteiger partial charge in [0, 0.05) is 27.8 Å². The van der Waals surface area contributed by atoms with Gasteiger partial charge < -0.3 is 19.3 Å². The maximum absolute atomic E-state index is 12.0. The number of carbonyl (C=O) groups is 1. The number of nitrogens with zero attached hydrogens (tertiary/aromatic N) is 4. The summed E-state index contributed by atoms with van der Waals surface area (Å²) in [6, 6.07) is 14.3. The molecule has 0 bridgehead atoms. The van der Waals surface area contributed by atoms with Crippen molar-refractivity contribution in [2.45, 2.75) is 58.6 Å². The minimum atomic E-state index is -0.886. The fourth-order valence-electron chi connectivity index (χ4n) is 5.86. The van der Waals surface area contributed by atoms with Crippen molar-refractivity contribution < 1.29 is 14.6 Å². The van der Waals surface area contributed by atoms with Gasteiger partial charge in [0.25, 0.3) is 0 Å². The molecular formula is C33H35ClN4O3S. The van der Waals surface area contributed by atoms with E-state index >= 15 is 0 Å². The first-order valence-corrected chi connectivity index (χ1v) is 15.5. The molecule has 3 heterocycles. The standard InChI is InChI=1S/C33H35ClN4O3S/c1-19-14-26-31(30(24(19)17-29(39)40)23-8-7-21(34)16-28(23)41-33(2,3)4)42-32(36-26)20-6-9-25-27(15-20)38(18-35-25)22-10-12-37(5)13-11-22/h6-9,14-16,18,22H,10-13,17H2,1-5H3,(H,39,40). The number of ether oxygens (including phenoxy) is 1. The molecule has 1 aliphatic rings. The largest absolute Gasteiger partial charge is 0.487 e. The van der Waals surface area contributed by atoms with Crippen molar-refractivity contribution in [3.8, 4) is 27.4 Å². The minimum absolute atomic E-state index is 0.107. The van der Waals surface area contributed by atoms with E-state index in [1.165, 1.54) is 0 Å². The Morgan fingerprint density at radius 3 is 2.60 bits per heavy atom. The van der Waals surface area contributed by atoms with Crippen LogP contribution in [0.2, 0.25) is 5.02 Å². The van der Waals surface area contributed by atoms with Gasteiger partial charge in [-0.25, -0.2) is 9.97 Å². The summed E-state index contributed by atoms with van der Waals surface area (Å²) in [5, 5.41) is 11.3. The number of benzene rings is 3. The smallest absolute Gasteiger partial charge is 0.307 e. The lowest BCUT2D eigenvalue weighted by Gasteiger charge is -2.30. The van der Waals surface area contributed by atoms with Gasteiger partial charge in [-0.3, -0.25) is 4.79 Å². The van der Waals surface area contributed by atoms with Crippen LogP contribution in [0.5, 0.6) is 5.75 Å². The van der Waals surface area contributed by atoms with Crippen LogP contribution in [0.15, 0.2) is 48.8 Å². The number of fused-ring (bicyclic) bond motifs is 2. The maximum atomic E-state index is 12.0. The Kier molecular flexibility index (Phi) is 7.50. The zero-order valence-corrected chi connectivity index (χ0v) is 26.1. The second kappa shape index (κ2) is 11.0. The molecule has 0 aliphatic carbocycles. The van der Waals surface area contributed by atoms with Gasteiger partial charge in [0.2, 0.25) is 0 Å². The molecule has 0 atom stereocenters. The first-order chi connectivity index (χ1) is 20.0. The highest BCUT2D eigenvalue weighted by atomic mass is 35.5. The van der Waals surface area contributed by atoms with Crippen molar-refractivity contribution in [1.29, 1.82) is 0 Å². The molecule has 218 valence electrons. The van der Waals surface area contributed by atoms with E-state index < -0.39 is 11.6 Å². The molecule has 0 unspecified atom stereocenters. The molecule has 0 saturated carbocycles. The van der Waals surface area contributed by atoms with E-state index in [4.69, 9.17) is 26.3 Å². The highest BCUT2D eigenvalue weighted by Crippen LogP contribution is 2.45. The first-order valence-electron chi connectivity index (χ1n) is 14.3. The van der Waals surface area contributed by atoms with Crippen LogP contribution in [0.25, 0.3) is 42.9 Å². The monoisotopic (exact) mass is 602 g/mol. The zero-order valence-electron chi connectivity index (χ0n) is 24.6. The summed E-state index contributed by atoms with van der Waals surface area (Å²) in [5.74, 6) is -0.268. The number of rotatable bonds is 6. The fraction of sp³-hybridized carbons (Fsp3) is 0.364. The Balaban J connectivity index is 1.52. The molecule has 3 aromatic carbocycles. The van der Waals surface area contributed by atoms with E-state index in [2.05, 4.69) is 34.7 Å². The van der Waals surface area contributed by atoms with Gasteiger partial charge in [-0.05, 0) is 114 Å². The van der Waals surface area contributed by atoms with Gasteiger partial charge in [0.05, 0.1) is 34.0 Å². The molecule has 5 aromatic rings. The minimum Gasteiger partial charge on any atom is -0.487 e. The van der Waals surface area contributed by atoms with E-state index in [1.807, 2.05) is 52.2 Å². The van der Waals surface area contributed by atoms with Crippen LogP contribution in [0.1, 0.15) is 50.8 Å². The van der Waals surface area contributed by atoms with Crippen LogP contribution in [0.3, 0.4) is 0 Å². The number of likely N-dealkylation sites (tertiary alicyclic amines) is 1. The van der Waals surface area contributed by atoms with Crippen LogP contribution < -0.4 is 4.74 Å². The number of aliphatic carboxylic acids is 1. The number of carboxylic acids is 1. The molecule has 0 radical (unpaired) electrons. The first kappa shape index (κ1) is 28.6. The molecule has 1 saturated heterocycles. The van der Waals surface area contributed by atoms with E-state index in [0.29, 0.717) is 16.8 Å². The summed E-state index contributed by atoms with van der Waals surface area (Å²) < 4.78 is 9.62. The number of hydrogen-bond acceptors (Lipinski definition) is 6. The van der Waals surface area contributed by atoms with Crippen molar-refractivity contribution in [2.24, 2.45) is 0 Å². The molecule has 6 rings (SSSR count). The van der Waals surface area contributed by atoms with Crippen LogP contribution in [0.4, 0.5) is 0 Å². The van der Waals surface area contributed by atoms with E-state index in [1.54, 1.807) is 17.4 Å². The lowest BCUT2D eigenvalue weighted by molar-refractivity contribution is -0.136. The lowest BCUT2D eigenvalue weighted by Crippen LogP contribution is -2.31. The number of aromatic nitrogens is 3. The van der Waals surface area contributed by atoms with Crippen molar-refractivity contribution >= 4 is 50.2 Å². The highest BCUT2D eigenvalue weighted by molar-refractivity contribution is 7.22. The Morgan fingerprint density at radius 2 is 1.88 bits per heavy atom. The van der Waals surface area contributed by atoms with Gasteiger partial charge in [-0.2, -0.15) is 0 Å². The summed E-state index contributed by atoms with van der Waals surface area (Å²) in [4.78, 5) is 24.2. The average Bonchev–Trinajstić information content (AvgIpc) is 3.53. The number of thiazole rings is 1. The van der Waals surface area contributed by atoms with Crippen LogP contribution in [-0.4, -0.2) is 56.2 Å². The SMILES string of the molecule is Cc1cc2nc(-c3ccc4ncn(C5CCN(C)CC5)c4c3)sc2c(-c2ccc(Cl)cc2OC(C)(C)C)c1CC(=O)O. The van der Waals surface area contributed by atoms with E-state index in [9.17, 15) is 9.90 Å². The summed E-state index contributed by atoms with van der Waals surface area (Å²) in [5.41, 5.74) is 6.75. The molecular weight excluding hydrogens is 568 g/mol. The summed E-state index contributed by atoms with van der Waals surface area (Å²) in [6.45, 7) is 10.1. The number of carboxylic acid groups (broad SMARTS) is 1. The third-order valence-electron chi connectivity index (χ3n) is 7.87. The van der Waals surface area contributed by atoms with Crippen LogP contribution >= 0.6 is 22.9 Å². The van der Waals surface area contributed by atoms with Crippen molar-refractivity contribution in [3.63, 3.8) is 0 Å². The number of piperidine rings is 1. The van der Waals surface area contributed by atoms with Crippen molar-refractivity contribution in [3.05, 3.63) is 64.9 Å². The van der Waals surface area contributed by atoms with Gasteiger partial charge in [0.15, 0.2) is 0 Å². The predicted octanol–water partition coefficient (Wildman–Crippen LogP) is 8.01. The van der Waals surface area contributed by atoms with Crippen molar-refractivity contribution in [1.82, 2.24) is 19.4 Å². The van der Waals surface area contributed by atoms with Crippen molar-refractivity contribution in [2.75, 3.05) is 20.1 Å². The Labute approximate surface area is 254 Å². The topological polar surface area (TPSA) is 80.5 Å². The molecule has 1 aliphatic heterocycles. The van der Waals surface area contributed by atoms with Gasteiger partial charge in [0.1, 0.15) is 16.4 Å². The molecule has 9 heteroatoms. The van der Waals surface area contributed by atoms with Gasteiger partial charge in [-0.15, -0.1) is 11.3 Å². The second-order valence-electron chi connectivity index (χ2n) is 12.2. The van der Waals surface area contributed by atoms with Crippen LogP contribution in [0, 0.1) is 6.92 Å². The van der Waals surface area contributed by atoms with E-state index in [-0.39, 0.29) is 6.42 Å². The Bertz CT molecular complexity index is 1810. The molecule has 1 fully saturated rings. The molecule has 0 amide bonds. The fourth-order valence-corrected chi connectivity index (χ4v) is 7.15. The second-order valence-corrected chi connectivity index (χ2v) is 13.7. The number of halogens is 1. The molecule has 1 N–H and O–H groups in total. The van der Waals surface area contributed by atoms with Gasteiger partial charge in [-0.1, -0.05) is 11.6 Å². The van der Waals surface area contributed by atoms with Gasteiger partial charge >= 0.3 is 5.97 Å². The Morgan fingerprint density at radius 1 is 1.12 bits per heavy atom. The third kappa shape index (κ3) is 5.63.